The van der Waals surface area contributed by atoms with Crippen molar-refractivity contribution in [3.8, 4) is 0 Å². The second-order valence-corrected chi connectivity index (χ2v) is 5.10. The molecule has 6 nitrogen and oxygen atoms in total. The van der Waals surface area contributed by atoms with E-state index >= 15 is 0 Å². The number of pyridine rings is 1. The van der Waals surface area contributed by atoms with Gasteiger partial charge >= 0.3 is 0 Å². The van der Waals surface area contributed by atoms with Gasteiger partial charge in [0.2, 0.25) is 5.91 Å². The summed E-state index contributed by atoms with van der Waals surface area (Å²) < 4.78 is 14.5. The van der Waals surface area contributed by atoms with Crippen LogP contribution in [0, 0.1) is 12.7 Å². The summed E-state index contributed by atoms with van der Waals surface area (Å²) in [6.45, 7) is 1.70. The predicted octanol–water partition coefficient (Wildman–Crippen LogP) is 0.803. The van der Waals surface area contributed by atoms with Gasteiger partial charge in [-0.1, -0.05) is 12.1 Å². The minimum atomic E-state index is -0.751. The third-order valence-electron chi connectivity index (χ3n) is 3.42. The molecule has 23 heavy (non-hydrogen) atoms. The van der Waals surface area contributed by atoms with Gasteiger partial charge in [0.05, 0.1) is 12.1 Å². The van der Waals surface area contributed by atoms with Crippen LogP contribution in [0.15, 0.2) is 35.3 Å². The quantitative estimate of drug-likeness (QED) is 0.873. The summed E-state index contributed by atoms with van der Waals surface area (Å²) in [6, 6.07) is 5.59. The van der Waals surface area contributed by atoms with Gasteiger partial charge in [-0.2, -0.15) is 0 Å². The average Bonchev–Trinajstić information content (AvgIpc) is 2.51. The van der Waals surface area contributed by atoms with Crippen molar-refractivity contribution in [2.75, 3.05) is 7.05 Å². The maximum Gasteiger partial charge on any atom is 0.263 e. The van der Waals surface area contributed by atoms with Crippen molar-refractivity contribution < 1.29 is 14.0 Å². The molecule has 0 aliphatic heterocycles. The molecule has 2 rings (SSSR count). The summed E-state index contributed by atoms with van der Waals surface area (Å²) in [5, 5.41) is 2.34. The molecule has 0 radical (unpaired) electrons. The monoisotopic (exact) mass is 317 g/mol. The van der Waals surface area contributed by atoms with Crippen LogP contribution in [0.1, 0.15) is 31.8 Å². The summed E-state index contributed by atoms with van der Waals surface area (Å²) in [7, 11) is 1.38. The van der Waals surface area contributed by atoms with Crippen molar-refractivity contribution in [2.24, 2.45) is 5.73 Å². The van der Waals surface area contributed by atoms with E-state index in [9.17, 15) is 18.8 Å². The summed E-state index contributed by atoms with van der Waals surface area (Å²) in [5.41, 5.74) is 5.65. The van der Waals surface area contributed by atoms with Crippen molar-refractivity contribution in [3.05, 3.63) is 68.9 Å². The molecule has 0 aliphatic carbocycles. The molecule has 7 heteroatoms. The highest BCUT2D eigenvalue weighted by molar-refractivity contribution is 5.98. The molecule has 0 bridgehead atoms. The van der Waals surface area contributed by atoms with E-state index in [1.165, 1.54) is 29.9 Å². The van der Waals surface area contributed by atoms with Crippen LogP contribution in [0.5, 0.6) is 0 Å². The fraction of sp³-hybridized carbons (Fsp3) is 0.188. The number of hydrogen-bond acceptors (Lipinski definition) is 3. The van der Waals surface area contributed by atoms with Crippen LogP contribution in [0.25, 0.3) is 0 Å². The van der Waals surface area contributed by atoms with Gasteiger partial charge < -0.3 is 15.6 Å². The van der Waals surface area contributed by atoms with Gasteiger partial charge in [0.1, 0.15) is 11.4 Å². The lowest BCUT2D eigenvalue weighted by atomic mass is 10.1. The van der Waals surface area contributed by atoms with Crippen molar-refractivity contribution in [1.82, 2.24) is 9.88 Å². The number of rotatable bonds is 4. The normalized spacial score (nSPS) is 10.4. The molecule has 0 spiro atoms. The van der Waals surface area contributed by atoms with E-state index < -0.39 is 17.4 Å². The van der Waals surface area contributed by atoms with E-state index in [1.54, 1.807) is 13.0 Å². The number of nitrogens with zero attached hydrogens (tertiary/aromatic N) is 1. The van der Waals surface area contributed by atoms with Crippen LogP contribution in [-0.4, -0.2) is 23.4 Å². The largest absolute Gasteiger partial charge is 0.366 e. The Labute approximate surface area is 131 Å². The van der Waals surface area contributed by atoms with Gasteiger partial charge in [-0.05, 0) is 30.2 Å². The smallest absolute Gasteiger partial charge is 0.263 e. The first-order valence-corrected chi connectivity index (χ1v) is 6.85. The highest BCUT2D eigenvalue weighted by Gasteiger charge is 2.15. The van der Waals surface area contributed by atoms with Gasteiger partial charge in [-0.15, -0.1) is 0 Å². The predicted molar refractivity (Wildman–Crippen MR) is 82.8 cm³/mol. The van der Waals surface area contributed by atoms with E-state index in [1.807, 2.05) is 0 Å². The molecule has 0 aliphatic rings. The first kappa shape index (κ1) is 16.4. The fourth-order valence-corrected chi connectivity index (χ4v) is 2.19. The van der Waals surface area contributed by atoms with Crippen LogP contribution < -0.4 is 16.6 Å². The lowest BCUT2D eigenvalue weighted by molar-refractivity contribution is 0.0961. The molecular formula is C16H16FN3O3. The van der Waals surface area contributed by atoms with Crippen molar-refractivity contribution in [2.45, 2.75) is 13.5 Å². The maximum absolute atomic E-state index is 13.3. The number of nitrogens with two attached hydrogens (primary N) is 1. The molecule has 2 amide bonds. The van der Waals surface area contributed by atoms with Crippen molar-refractivity contribution in [1.29, 1.82) is 0 Å². The maximum atomic E-state index is 13.3. The Morgan fingerprint density at radius 2 is 2.00 bits per heavy atom. The highest BCUT2D eigenvalue weighted by atomic mass is 19.1. The van der Waals surface area contributed by atoms with Crippen LogP contribution in [-0.2, 0) is 6.54 Å². The van der Waals surface area contributed by atoms with E-state index in [2.05, 4.69) is 5.32 Å². The van der Waals surface area contributed by atoms with Crippen LogP contribution in [0.2, 0.25) is 0 Å². The Bertz CT molecular complexity index is 843. The van der Waals surface area contributed by atoms with Gasteiger partial charge in [0, 0.05) is 13.2 Å². The molecule has 2 aromatic rings. The molecule has 0 fully saturated rings. The number of halogens is 1. The number of aryl methyl sites for hydroxylation is 1. The number of carbonyl (C=O) groups excluding carboxylic acids is 2. The third kappa shape index (κ3) is 3.45. The molecule has 0 saturated carbocycles. The number of carbonyl (C=O) groups is 2. The molecular weight excluding hydrogens is 301 g/mol. The minimum absolute atomic E-state index is 0.0435. The van der Waals surface area contributed by atoms with E-state index in [-0.39, 0.29) is 23.5 Å². The lowest BCUT2D eigenvalue weighted by Crippen LogP contribution is -2.33. The van der Waals surface area contributed by atoms with E-state index in [0.29, 0.717) is 11.1 Å². The zero-order valence-electron chi connectivity index (χ0n) is 12.7. The van der Waals surface area contributed by atoms with Crippen LogP contribution >= 0.6 is 0 Å². The number of hydrogen-bond donors (Lipinski definition) is 2. The van der Waals surface area contributed by atoms with Gasteiger partial charge in [0.25, 0.3) is 11.5 Å². The van der Waals surface area contributed by atoms with Gasteiger partial charge in [-0.25, -0.2) is 4.39 Å². The van der Waals surface area contributed by atoms with Gasteiger partial charge in [0.15, 0.2) is 0 Å². The molecule has 0 saturated heterocycles. The Morgan fingerprint density at radius 3 is 2.57 bits per heavy atom. The first-order chi connectivity index (χ1) is 10.8. The summed E-state index contributed by atoms with van der Waals surface area (Å²) in [6.07, 6.45) is 1.29. The van der Waals surface area contributed by atoms with Gasteiger partial charge in [-0.3, -0.25) is 14.4 Å². The topological polar surface area (TPSA) is 94.2 Å². The zero-order valence-corrected chi connectivity index (χ0v) is 12.7. The van der Waals surface area contributed by atoms with E-state index in [4.69, 9.17) is 5.73 Å². The Hall–Kier alpha value is -2.96. The highest BCUT2D eigenvalue weighted by Crippen LogP contribution is 2.11. The molecule has 1 aromatic carbocycles. The van der Waals surface area contributed by atoms with Crippen molar-refractivity contribution >= 4 is 11.8 Å². The summed E-state index contributed by atoms with van der Waals surface area (Å²) in [4.78, 5) is 35.6. The van der Waals surface area contributed by atoms with Crippen molar-refractivity contribution in [3.63, 3.8) is 0 Å². The first-order valence-electron chi connectivity index (χ1n) is 6.85. The Balaban J connectivity index is 2.54. The number of primary amides is 1. The third-order valence-corrected chi connectivity index (χ3v) is 3.42. The number of amides is 2. The summed E-state index contributed by atoms with van der Waals surface area (Å²) in [5.74, 6) is -1.71. The molecule has 0 unspecified atom stereocenters. The molecule has 1 aromatic heterocycles. The number of benzene rings is 1. The van der Waals surface area contributed by atoms with Crippen LogP contribution in [0.3, 0.4) is 0 Å². The fourth-order valence-electron chi connectivity index (χ4n) is 2.19. The average molecular weight is 317 g/mol. The SMILES string of the molecule is CNC(=O)c1cc(C(N)=O)cn(Cc2ccc(F)c(C)c2)c1=O. The number of aromatic nitrogens is 1. The zero-order chi connectivity index (χ0) is 17.1. The Kier molecular flexibility index (Phi) is 4.59. The second kappa shape index (κ2) is 6.43. The van der Waals surface area contributed by atoms with E-state index in [0.717, 1.165) is 6.07 Å². The minimum Gasteiger partial charge on any atom is -0.366 e. The molecule has 0 atom stereocenters. The standard InChI is InChI=1S/C16H16FN3O3/c1-9-5-10(3-4-13(9)17)7-20-8-11(14(18)21)6-12(16(20)23)15(22)19-2/h3-6,8H,7H2,1-2H3,(H2,18,21)(H,19,22). The molecule has 120 valence electrons. The Morgan fingerprint density at radius 1 is 1.30 bits per heavy atom. The number of nitrogens with one attached hydrogen (secondary N) is 1. The molecule has 3 N–H and O–H groups in total. The second-order valence-electron chi connectivity index (χ2n) is 5.10. The molecule has 1 heterocycles. The van der Waals surface area contributed by atoms with Crippen LogP contribution in [0.4, 0.5) is 4.39 Å². The summed E-state index contributed by atoms with van der Waals surface area (Å²) >= 11 is 0. The lowest BCUT2D eigenvalue weighted by Gasteiger charge is -2.11.